The quantitative estimate of drug-likeness (QED) is 0.819. The lowest BCUT2D eigenvalue weighted by molar-refractivity contribution is -0.115. The summed E-state index contributed by atoms with van der Waals surface area (Å²) in [5, 5.41) is 12.8. The number of aliphatic hydroxyl groups excluding tert-OH is 1. The molecule has 3 nitrogen and oxygen atoms in total. The number of hydrogen-bond acceptors (Lipinski definition) is 2. The van der Waals surface area contributed by atoms with Gasteiger partial charge in [-0.1, -0.05) is 26.0 Å². The fourth-order valence-corrected chi connectivity index (χ4v) is 2.04. The molecule has 2 rings (SSSR count). The van der Waals surface area contributed by atoms with Crippen LogP contribution in [0.2, 0.25) is 0 Å². The molecular weight excluding hydrogens is 202 g/mol. The summed E-state index contributed by atoms with van der Waals surface area (Å²) < 4.78 is 0. The van der Waals surface area contributed by atoms with Gasteiger partial charge < -0.3 is 10.4 Å². The lowest BCUT2D eigenvalue weighted by Gasteiger charge is -2.14. The maximum absolute atomic E-state index is 11.2. The Morgan fingerprint density at radius 3 is 2.88 bits per heavy atom. The molecule has 0 aromatic heterocycles. The van der Waals surface area contributed by atoms with Crippen molar-refractivity contribution in [1.29, 1.82) is 0 Å². The molecule has 0 saturated heterocycles. The molecule has 0 saturated carbocycles. The van der Waals surface area contributed by atoms with Crippen LogP contribution >= 0.6 is 0 Å². The van der Waals surface area contributed by atoms with E-state index in [4.69, 9.17) is 0 Å². The summed E-state index contributed by atoms with van der Waals surface area (Å²) in [5.74, 6) is 0.494. The van der Waals surface area contributed by atoms with Crippen molar-refractivity contribution in [2.24, 2.45) is 5.92 Å². The van der Waals surface area contributed by atoms with Gasteiger partial charge in [0.1, 0.15) is 0 Å². The minimum atomic E-state index is -0.430. The van der Waals surface area contributed by atoms with Gasteiger partial charge >= 0.3 is 0 Å². The first-order valence-corrected chi connectivity index (χ1v) is 5.67. The zero-order chi connectivity index (χ0) is 11.7. The SMILES string of the molecule is CC(C)CC(O)c1ccc2c(c1)CC(=O)N2. The van der Waals surface area contributed by atoms with Crippen molar-refractivity contribution in [2.75, 3.05) is 5.32 Å². The highest BCUT2D eigenvalue weighted by molar-refractivity contribution is 5.99. The summed E-state index contributed by atoms with van der Waals surface area (Å²) in [6.45, 7) is 4.17. The molecule has 2 N–H and O–H groups in total. The van der Waals surface area contributed by atoms with Crippen molar-refractivity contribution in [2.45, 2.75) is 32.8 Å². The Kier molecular flexibility index (Phi) is 2.97. The number of fused-ring (bicyclic) bond motifs is 1. The predicted octanol–water partition coefficient (Wildman–Crippen LogP) is 2.26. The summed E-state index contributed by atoms with van der Waals surface area (Å²) in [5.41, 5.74) is 2.78. The maximum Gasteiger partial charge on any atom is 0.228 e. The van der Waals surface area contributed by atoms with E-state index >= 15 is 0 Å². The maximum atomic E-state index is 11.2. The fourth-order valence-electron chi connectivity index (χ4n) is 2.04. The second-order valence-corrected chi connectivity index (χ2v) is 4.79. The highest BCUT2D eigenvalue weighted by Crippen LogP contribution is 2.28. The molecule has 1 aliphatic heterocycles. The van der Waals surface area contributed by atoms with E-state index in [2.05, 4.69) is 19.2 Å². The molecule has 3 heteroatoms. The molecular formula is C13H17NO2. The van der Waals surface area contributed by atoms with E-state index in [1.807, 2.05) is 18.2 Å². The number of rotatable bonds is 3. The van der Waals surface area contributed by atoms with E-state index in [1.54, 1.807) is 0 Å². The van der Waals surface area contributed by atoms with Crippen LogP contribution in [0.25, 0.3) is 0 Å². The Bertz CT molecular complexity index is 412. The minimum Gasteiger partial charge on any atom is -0.388 e. The van der Waals surface area contributed by atoms with Crippen molar-refractivity contribution >= 4 is 11.6 Å². The van der Waals surface area contributed by atoms with Gasteiger partial charge in [-0.05, 0) is 29.5 Å². The number of anilines is 1. The molecule has 0 radical (unpaired) electrons. The molecule has 0 bridgehead atoms. The van der Waals surface area contributed by atoms with Crippen molar-refractivity contribution in [3.8, 4) is 0 Å². The Balaban J connectivity index is 2.19. The molecule has 1 aromatic carbocycles. The first-order valence-electron chi connectivity index (χ1n) is 5.67. The smallest absolute Gasteiger partial charge is 0.228 e. The van der Waals surface area contributed by atoms with Crippen LogP contribution < -0.4 is 5.32 Å². The summed E-state index contributed by atoms with van der Waals surface area (Å²) >= 11 is 0. The highest BCUT2D eigenvalue weighted by atomic mass is 16.3. The van der Waals surface area contributed by atoms with Crippen LogP contribution in [0.5, 0.6) is 0 Å². The molecule has 16 heavy (non-hydrogen) atoms. The average molecular weight is 219 g/mol. The third-order valence-electron chi connectivity index (χ3n) is 2.83. The van der Waals surface area contributed by atoms with E-state index < -0.39 is 6.10 Å². The third kappa shape index (κ3) is 2.25. The normalized spacial score (nSPS) is 16.1. The topological polar surface area (TPSA) is 49.3 Å². The van der Waals surface area contributed by atoms with Crippen LogP contribution in [0.3, 0.4) is 0 Å². The van der Waals surface area contributed by atoms with Crippen molar-refractivity contribution in [1.82, 2.24) is 0 Å². The largest absolute Gasteiger partial charge is 0.388 e. The molecule has 1 aromatic rings. The summed E-state index contributed by atoms with van der Waals surface area (Å²) in [4.78, 5) is 11.2. The van der Waals surface area contributed by atoms with Crippen molar-refractivity contribution in [3.05, 3.63) is 29.3 Å². The lowest BCUT2D eigenvalue weighted by Crippen LogP contribution is -2.03. The fraction of sp³-hybridized carbons (Fsp3) is 0.462. The standard InChI is InChI=1S/C13H17NO2/c1-8(2)5-12(15)9-3-4-11-10(6-9)7-13(16)14-11/h3-4,6,8,12,15H,5,7H2,1-2H3,(H,14,16). The Hall–Kier alpha value is -1.35. The summed E-state index contributed by atoms with van der Waals surface area (Å²) in [6, 6.07) is 5.69. The number of carbonyl (C=O) groups excluding carboxylic acids is 1. The number of benzene rings is 1. The second-order valence-electron chi connectivity index (χ2n) is 4.79. The zero-order valence-corrected chi connectivity index (χ0v) is 9.66. The van der Waals surface area contributed by atoms with Crippen LogP contribution in [-0.2, 0) is 11.2 Å². The highest BCUT2D eigenvalue weighted by Gasteiger charge is 2.19. The molecule has 0 fully saturated rings. The van der Waals surface area contributed by atoms with E-state index in [0.717, 1.165) is 23.2 Å². The number of amides is 1. The predicted molar refractivity (Wildman–Crippen MR) is 63.2 cm³/mol. The molecule has 1 heterocycles. The van der Waals surface area contributed by atoms with E-state index in [9.17, 15) is 9.90 Å². The minimum absolute atomic E-state index is 0.0329. The van der Waals surface area contributed by atoms with Gasteiger partial charge in [0.15, 0.2) is 0 Å². The van der Waals surface area contributed by atoms with E-state index in [0.29, 0.717) is 12.3 Å². The average Bonchev–Trinajstić information content (AvgIpc) is 2.55. The van der Waals surface area contributed by atoms with Crippen LogP contribution in [0.1, 0.15) is 37.5 Å². The first kappa shape index (κ1) is 11.1. The summed E-state index contributed by atoms with van der Waals surface area (Å²) in [7, 11) is 0. The molecule has 0 spiro atoms. The number of nitrogens with one attached hydrogen (secondary N) is 1. The van der Waals surface area contributed by atoms with Gasteiger partial charge in [0, 0.05) is 5.69 Å². The van der Waals surface area contributed by atoms with Crippen LogP contribution in [0.15, 0.2) is 18.2 Å². The van der Waals surface area contributed by atoms with Gasteiger partial charge in [0.25, 0.3) is 0 Å². The molecule has 1 amide bonds. The number of carbonyl (C=O) groups is 1. The van der Waals surface area contributed by atoms with Gasteiger partial charge in [0.05, 0.1) is 12.5 Å². The van der Waals surface area contributed by atoms with Crippen molar-refractivity contribution in [3.63, 3.8) is 0 Å². The summed E-state index contributed by atoms with van der Waals surface area (Å²) in [6.07, 6.45) is 0.749. The van der Waals surface area contributed by atoms with Gasteiger partial charge in [0.2, 0.25) is 5.91 Å². The van der Waals surface area contributed by atoms with Gasteiger partial charge in [-0.15, -0.1) is 0 Å². The zero-order valence-electron chi connectivity index (χ0n) is 9.66. The Labute approximate surface area is 95.5 Å². The Morgan fingerprint density at radius 1 is 1.44 bits per heavy atom. The molecule has 1 aliphatic rings. The van der Waals surface area contributed by atoms with Gasteiger partial charge in [-0.25, -0.2) is 0 Å². The van der Waals surface area contributed by atoms with Gasteiger partial charge in [-0.2, -0.15) is 0 Å². The van der Waals surface area contributed by atoms with E-state index in [-0.39, 0.29) is 5.91 Å². The second kappa shape index (κ2) is 4.26. The van der Waals surface area contributed by atoms with Crippen molar-refractivity contribution < 1.29 is 9.90 Å². The van der Waals surface area contributed by atoms with Crippen LogP contribution in [0, 0.1) is 5.92 Å². The van der Waals surface area contributed by atoms with E-state index in [1.165, 1.54) is 0 Å². The Morgan fingerprint density at radius 2 is 2.19 bits per heavy atom. The molecule has 1 unspecified atom stereocenters. The lowest BCUT2D eigenvalue weighted by atomic mass is 9.97. The van der Waals surface area contributed by atoms with Crippen LogP contribution in [0.4, 0.5) is 5.69 Å². The number of aliphatic hydroxyl groups is 1. The monoisotopic (exact) mass is 219 g/mol. The first-order chi connectivity index (χ1) is 7.56. The number of hydrogen-bond donors (Lipinski definition) is 2. The molecule has 0 aliphatic carbocycles. The third-order valence-corrected chi connectivity index (χ3v) is 2.83. The van der Waals surface area contributed by atoms with Gasteiger partial charge in [-0.3, -0.25) is 4.79 Å². The van der Waals surface area contributed by atoms with Crippen LogP contribution in [-0.4, -0.2) is 11.0 Å². The molecule has 86 valence electrons. The molecule has 1 atom stereocenters.